The van der Waals surface area contributed by atoms with Crippen LogP contribution in [0.15, 0.2) is 12.0 Å². The van der Waals surface area contributed by atoms with Gasteiger partial charge in [0, 0.05) is 11.3 Å². The molecular weight excluding hydrogens is 142 g/mol. The summed E-state index contributed by atoms with van der Waals surface area (Å²) in [7, 11) is 0. The van der Waals surface area contributed by atoms with Crippen molar-refractivity contribution in [2.75, 3.05) is 0 Å². The normalized spacial score (nSPS) is 10.3. The van der Waals surface area contributed by atoms with Crippen molar-refractivity contribution in [3.8, 4) is 0 Å². The number of rotatable bonds is 2. The number of hydrogen-bond donors (Lipinski definition) is 0. The molecule has 0 unspecified atom stereocenters. The molecule has 0 atom stereocenters. The zero-order valence-corrected chi connectivity index (χ0v) is 7.11. The van der Waals surface area contributed by atoms with E-state index in [4.69, 9.17) is 0 Å². The zero-order valence-electron chi connectivity index (χ0n) is 6.29. The molecule has 1 aromatic heterocycles. The van der Waals surface area contributed by atoms with Crippen LogP contribution in [0.1, 0.15) is 30.5 Å². The molecule has 0 bridgehead atoms. The minimum absolute atomic E-state index is 0.540. The van der Waals surface area contributed by atoms with Crippen LogP contribution in [0.4, 0.5) is 0 Å². The van der Waals surface area contributed by atoms with Crippen LogP contribution in [-0.2, 0) is 0 Å². The molecule has 10 heavy (non-hydrogen) atoms. The summed E-state index contributed by atoms with van der Waals surface area (Å²) >= 11 is 1.70. The van der Waals surface area contributed by atoms with E-state index in [1.54, 1.807) is 17.4 Å². The fourth-order valence-electron chi connectivity index (χ4n) is 0.660. The van der Waals surface area contributed by atoms with Gasteiger partial charge in [-0.15, -0.1) is 11.3 Å². The average molecular weight is 153 g/mol. The highest BCUT2D eigenvalue weighted by Crippen LogP contribution is 2.19. The topological polar surface area (TPSA) is 12.9 Å². The highest BCUT2D eigenvalue weighted by Gasteiger charge is 2.02. The molecule has 0 aliphatic rings. The summed E-state index contributed by atoms with van der Waals surface area (Å²) in [5, 5.41) is 3.22. The minimum Gasteiger partial charge on any atom is -0.242 e. The predicted octanol–water partition coefficient (Wildman–Crippen LogP) is 2.91. The Labute approximate surface area is 65.4 Å². The van der Waals surface area contributed by atoms with Gasteiger partial charge < -0.3 is 0 Å². The predicted molar refractivity (Wildman–Crippen MR) is 46.3 cm³/mol. The number of hydrogen-bond acceptors (Lipinski definition) is 2. The van der Waals surface area contributed by atoms with Gasteiger partial charge in [0.25, 0.3) is 0 Å². The van der Waals surface area contributed by atoms with E-state index < -0.39 is 0 Å². The first kappa shape index (κ1) is 7.48. The second kappa shape index (κ2) is 2.97. The maximum Gasteiger partial charge on any atom is 0.0957 e. The van der Waals surface area contributed by atoms with Crippen LogP contribution in [0, 0.1) is 0 Å². The van der Waals surface area contributed by atoms with Gasteiger partial charge in [-0.25, -0.2) is 4.98 Å². The van der Waals surface area contributed by atoms with Crippen molar-refractivity contribution in [1.29, 1.82) is 0 Å². The Bertz CT molecular complexity index is 225. The van der Waals surface area contributed by atoms with Crippen LogP contribution < -0.4 is 0 Å². The Morgan fingerprint density at radius 1 is 1.70 bits per heavy atom. The van der Waals surface area contributed by atoms with Crippen LogP contribution in [0.5, 0.6) is 0 Å². The molecule has 0 saturated carbocycles. The molecule has 0 N–H and O–H groups in total. The summed E-state index contributed by atoms with van der Waals surface area (Å²) in [5.74, 6) is 0.540. The fraction of sp³-hybridized carbons (Fsp3) is 0.375. The third kappa shape index (κ3) is 1.45. The lowest BCUT2D eigenvalue weighted by atomic mass is 10.2. The van der Waals surface area contributed by atoms with E-state index in [9.17, 15) is 0 Å². The molecular formula is C8H11NS. The SMILES string of the molecule is C=Cc1csc(C(C)C)n1. The average Bonchev–Trinajstić information content (AvgIpc) is 2.34. The maximum atomic E-state index is 4.33. The van der Waals surface area contributed by atoms with Crippen molar-refractivity contribution in [2.45, 2.75) is 19.8 Å². The summed E-state index contributed by atoms with van der Waals surface area (Å²) in [6.45, 7) is 7.94. The molecule has 1 rings (SSSR count). The number of nitrogens with zero attached hydrogens (tertiary/aromatic N) is 1. The number of aromatic nitrogens is 1. The quantitative estimate of drug-likeness (QED) is 0.636. The summed E-state index contributed by atoms with van der Waals surface area (Å²) in [6.07, 6.45) is 1.78. The second-order valence-electron chi connectivity index (χ2n) is 2.47. The van der Waals surface area contributed by atoms with Crippen LogP contribution in [0.25, 0.3) is 6.08 Å². The monoisotopic (exact) mass is 153 g/mol. The zero-order chi connectivity index (χ0) is 7.56. The lowest BCUT2D eigenvalue weighted by molar-refractivity contribution is 0.851. The van der Waals surface area contributed by atoms with E-state index in [1.165, 1.54) is 5.01 Å². The van der Waals surface area contributed by atoms with Gasteiger partial charge in [-0.3, -0.25) is 0 Å². The van der Waals surface area contributed by atoms with Gasteiger partial charge in [-0.1, -0.05) is 20.4 Å². The van der Waals surface area contributed by atoms with Crippen LogP contribution in [0.2, 0.25) is 0 Å². The molecule has 1 heterocycles. The first-order valence-corrected chi connectivity index (χ1v) is 4.20. The molecule has 0 aromatic carbocycles. The third-order valence-electron chi connectivity index (χ3n) is 1.24. The second-order valence-corrected chi connectivity index (χ2v) is 3.36. The largest absolute Gasteiger partial charge is 0.242 e. The molecule has 0 aliphatic carbocycles. The highest BCUT2D eigenvalue weighted by atomic mass is 32.1. The Morgan fingerprint density at radius 2 is 2.40 bits per heavy atom. The summed E-state index contributed by atoms with van der Waals surface area (Å²) in [4.78, 5) is 4.33. The fourth-order valence-corrected chi connectivity index (χ4v) is 1.48. The molecule has 0 spiro atoms. The van der Waals surface area contributed by atoms with Crippen molar-refractivity contribution >= 4 is 17.4 Å². The van der Waals surface area contributed by atoms with Gasteiger partial charge in [-0.2, -0.15) is 0 Å². The summed E-state index contributed by atoms with van der Waals surface area (Å²) in [5.41, 5.74) is 0.994. The van der Waals surface area contributed by atoms with Gasteiger partial charge in [0.2, 0.25) is 0 Å². The van der Waals surface area contributed by atoms with Crippen molar-refractivity contribution in [2.24, 2.45) is 0 Å². The summed E-state index contributed by atoms with van der Waals surface area (Å²) in [6, 6.07) is 0. The van der Waals surface area contributed by atoms with Crippen LogP contribution >= 0.6 is 11.3 Å². The lowest BCUT2D eigenvalue weighted by Crippen LogP contribution is -1.84. The van der Waals surface area contributed by atoms with E-state index in [0.29, 0.717) is 5.92 Å². The minimum atomic E-state index is 0.540. The molecule has 2 heteroatoms. The molecule has 54 valence electrons. The first-order valence-electron chi connectivity index (χ1n) is 3.32. The van der Waals surface area contributed by atoms with Gasteiger partial charge in [0.05, 0.1) is 10.7 Å². The Balaban J connectivity index is 2.88. The van der Waals surface area contributed by atoms with E-state index in [0.717, 1.165) is 5.69 Å². The van der Waals surface area contributed by atoms with Crippen molar-refractivity contribution in [3.05, 3.63) is 22.7 Å². The van der Waals surface area contributed by atoms with E-state index in [-0.39, 0.29) is 0 Å². The molecule has 1 nitrogen and oxygen atoms in total. The molecule has 0 amide bonds. The first-order chi connectivity index (χ1) is 4.74. The summed E-state index contributed by atoms with van der Waals surface area (Å²) < 4.78 is 0. The Hall–Kier alpha value is -0.630. The van der Waals surface area contributed by atoms with Crippen molar-refractivity contribution < 1.29 is 0 Å². The molecule has 0 aliphatic heterocycles. The third-order valence-corrected chi connectivity index (χ3v) is 2.41. The van der Waals surface area contributed by atoms with Crippen LogP contribution in [-0.4, -0.2) is 4.98 Å². The van der Waals surface area contributed by atoms with Gasteiger partial charge >= 0.3 is 0 Å². The van der Waals surface area contributed by atoms with Gasteiger partial charge in [0.15, 0.2) is 0 Å². The smallest absolute Gasteiger partial charge is 0.0957 e. The standard InChI is InChI=1S/C8H11NS/c1-4-7-5-10-8(9-7)6(2)3/h4-6H,1H2,2-3H3. The molecule has 1 aromatic rings. The lowest BCUT2D eigenvalue weighted by Gasteiger charge is -1.94. The molecule has 0 fully saturated rings. The van der Waals surface area contributed by atoms with E-state index in [1.807, 2.05) is 5.38 Å². The van der Waals surface area contributed by atoms with Crippen molar-refractivity contribution in [3.63, 3.8) is 0 Å². The Kier molecular flexibility index (Phi) is 2.22. The molecule has 0 saturated heterocycles. The van der Waals surface area contributed by atoms with Crippen molar-refractivity contribution in [1.82, 2.24) is 4.98 Å². The van der Waals surface area contributed by atoms with E-state index >= 15 is 0 Å². The van der Waals surface area contributed by atoms with Crippen LogP contribution in [0.3, 0.4) is 0 Å². The van der Waals surface area contributed by atoms with Gasteiger partial charge in [-0.05, 0) is 6.08 Å². The molecule has 0 radical (unpaired) electrons. The maximum absolute atomic E-state index is 4.33. The van der Waals surface area contributed by atoms with E-state index in [2.05, 4.69) is 25.4 Å². The highest BCUT2D eigenvalue weighted by molar-refractivity contribution is 7.09. The van der Waals surface area contributed by atoms with Gasteiger partial charge in [0.1, 0.15) is 0 Å². The number of thiazole rings is 1. The Morgan fingerprint density at radius 3 is 2.70 bits per heavy atom.